The molecule has 0 aromatic heterocycles. The summed E-state index contributed by atoms with van der Waals surface area (Å²) in [4.78, 5) is 13.0. The number of nitrogens with zero attached hydrogens (tertiary/aromatic N) is 2. The van der Waals surface area contributed by atoms with E-state index in [-0.39, 0.29) is 16.7 Å². The lowest BCUT2D eigenvalue weighted by Gasteiger charge is -2.14. The Morgan fingerprint density at radius 3 is 2.78 bits per heavy atom. The summed E-state index contributed by atoms with van der Waals surface area (Å²) in [6, 6.07) is 6.12. The molecule has 0 radical (unpaired) electrons. The third kappa shape index (κ3) is 2.61. The second kappa shape index (κ2) is 4.94. The number of hydrogen-bond donors (Lipinski definition) is 1. The molecule has 1 aromatic carbocycles. The lowest BCUT2D eigenvalue weighted by Crippen LogP contribution is -2.25. The fourth-order valence-electron chi connectivity index (χ4n) is 2.43. The highest BCUT2D eigenvalue weighted by Crippen LogP contribution is 2.28. The summed E-state index contributed by atoms with van der Waals surface area (Å²) in [6.07, 6.45) is 1.02. The number of anilines is 1. The van der Waals surface area contributed by atoms with Gasteiger partial charge in [-0.1, -0.05) is 6.07 Å². The van der Waals surface area contributed by atoms with Gasteiger partial charge >= 0.3 is 0 Å². The maximum absolute atomic E-state index is 11.0. The molecule has 2 atom stereocenters. The Morgan fingerprint density at radius 1 is 1.50 bits per heavy atom. The fraction of sp³-hybridized carbons (Fsp3) is 0.538. The number of nitrogens with one attached hydrogen (secondary N) is 1. The van der Waals surface area contributed by atoms with Crippen LogP contribution in [0.25, 0.3) is 0 Å². The SMILES string of the molecule is Cc1ccc(NC2CC(C)N(C)C2)c([N+](=O)[O-])c1. The highest BCUT2D eigenvalue weighted by atomic mass is 16.6. The van der Waals surface area contributed by atoms with E-state index in [1.165, 1.54) is 0 Å². The number of likely N-dealkylation sites (N-methyl/N-ethyl adjacent to an activating group) is 1. The van der Waals surface area contributed by atoms with Crippen LogP contribution in [0.4, 0.5) is 11.4 Å². The molecule has 1 saturated heterocycles. The number of nitro groups is 1. The standard InChI is InChI=1S/C13H19N3O2/c1-9-4-5-12(13(6-9)16(17)18)14-11-7-10(2)15(3)8-11/h4-6,10-11,14H,7-8H2,1-3H3. The first-order valence-electron chi connectivity index (χ1n) is 6.19. The number of benzene rings is 1. The van der Waals surface area contributed by atoms with E-state index in [1.54, 1.807) is 12.1 Å². The lowest BCUT2D eigenvalue weighted by atomic mass is 10.1. The molecule has 0 saturated carbocycles. The van der Waals surface area contributed by atoms with Crippen molar-refractivity contribution in [3.05, 3.63) is 33.9 Å². The Labute approximate surface area is 107 Å². The van der Waals surface area contributed by atoms with Gasteiger partial charge in [-0.05, 0) is 38.9 Å². The van der Waals surface area contributed by atoms with Crippen molar-refractivity contribution in [3.63, 3.8) is 0 Å². The van der Waals surface area contributed by atoms with Gasteiger partial charge in [0, 0.05) is 24.7 Å². The molecule has 1 aliphatic heterocycles. The van der Waals surface area contributed by atoms with Crippen molar-refractivity contribution in [1.29, 1.82) is 0 Å². The Morgan fingerprint density at radius 2 is 2.22 bits per heavy atom. The Balaban J connectivity index is 2.17. The number of likely N-dealkylation sites (tertiary alicyclic amines) is 1. The van der Waals surface area contributed by atoms with Gasteiger partial charge in [0.25, 0.3) is 5.69 Å². The van der Waals surface area contributed by atoms with Crippen LogP contribution in [0.2, 0.25) is 0 Å². The second-order valence-electron chi connectivity index (χ2n) is 5.14. The molecule has 5 nitrogen and oxygen atoms in total. The van der Waals surface area contributed by atoms with Crippen LogP contribution < -0.4 is 5.32 Å². The van der Waals surface area contributed by atoms with Crippen LogP contribution in [0.5, 0.6) is 0 Å². The molecule has 2 unspecified atom stereocenters. The Bertz CT molecular complexity index is 452. The molecule has 2 rings (SSSR count). The van der Waals surface area contributed by atoms with Crippen molar-refractivity contribution in [2.45, 2.75) is 32.4 Å². The lowest BCUT2D eigenvalue weighted by molar-refractivity contribution is -0.384. The van der Waals surface area contributed by atoms with Crippen molar-refractivity contribution in [2.24, 2.45) is 0 Å². The molecule has 1 fully saturated rings. The zero-order chi connectivity index (χ0) is 13.3. The minimum absolute atomic E-state index is 0.164. The summed E-state index contributed by atoms with van der Waals surface area (Å²) in [5, 5.41) is 14.3. The maximum Gasteiger partial charge on any atom is 0.292 e. The topological polar surface area (TPSA) is 58.4 Å². The van der Waals surface area contributed by atoms with Gasteiger partial charge in [0.1, 0.15) is 5.69 Å². The average molecular weight is 249 g/mol. The van der Waals surface area contributed by atoms with Crippen molar-refractivity contribution >= 4 is 11.4 Å². The first-order valence-corrected chi connectivity index (χ1v) is 6.19. The summed E-state index contributed by atoms with van der Waals surface area (Å²) in [7, 11) is 2.08. The molecule has 1 aromatic rings. The summed E-state index contributed by atoms with van der Waals surface area (Å²) >= 11 is 0. The van der Waals surface area contributed by atoms with Crippen molar-refractivity contribution in [3.8, 4) is 0 Å². The van der Waals surface area contributed by atoms with E-state index >= 15 is 0 Å². The van der Waals surface area contributed by atoms with E-state index in [0.717, 1.165) is 18.5 Å². The van der Waals surface area contributed by atoms with Crippen LogP contribution in [0.3, 0.4) is 0 Å². The van der Waals surface area contributed by atoms with Gasteiger partial charge < -0.3 is 10.2 Å². The van der Waals surface area contributed by atoms with Crippen molar-refractivity contribution in [2.75, 3.05) is 18.9 Å². The molecule has 0 aliphatic carbocycles. The van der Waals surface area contributed by atoms with Crippen LogP contribution in [-0.2, 0) is 0 Å². The second-order valence-corrected chi connectivity index (χ2v) is 5.14. The third-order valence-corrected chi connectivity index (χ3v) is 3.60. The van der Waals surface area contributed by atoms with E-state index in [1.807, 2.05) is 13.0 Å². The van der Waals surface area contributed by atoms with E-state index < -0.39 is 0 Å². The monoisotopic (exact) mass is 249 g/mol. The van der Waals surface area contributed by atoms with E-state index in [2.05, 4.69) is 24.2 Å². The first kappa shape index (κ1) is 12.8. The molecule has 18 heavy (non-hydrogen) atoms. The zero-order valence-corrected chi connectivity index (χ0v) is 11.0. The molecular formula is C13H19N3O2. The van der Waals surface area contributed by atoms with Crippen molar-refractivity contribution in [1.82, 2.24) is 4.90 Å². The Kier molecular flexibility index (Phi) is 3.52. The van der Waals surface area contributed by atoms with Gasteiger partial charge in [-0.15, -0.1) is 0 Å². The van der Waals surface area contributed by atoms with Gasteiger partial charge in [-0.2, -0.15) is 0 Å². The molecule has 0 amide bonds. The van der Waals surface area contributed by atoms with Gasteiger partial charge in [-0.25, -0.2) is 0 Å². The highest BCUT2D eigenvalue weighted by molar-refractivity contribution is 5.63. The summed E-state index contributed by atoms with van der Waals surface area (Å²) in [6.45, 7) is 4.96. The largest absolute Gasteiger partial charge is 0.375 e. The van der Waals surface area contributed by atoms with Crippen LogP contribution in [0.1, 0.15) is 18.9 Å². The van der Waals surface area contributed by atoms with E-state index in [4.69, 9.17) is 0 Å². The molecular weight excluding hydrogens is 230 g/mol. The number of nitro benzene ring substituents is 1. The molecule has 98 valence electrons. The van der Waals surface area contributed by atoms with Crippen LogP contribution in [-0.4, -0.2) is 35.5 Å². The molecule has 5 heteroatoms. The number of aryl methyl sites for hydroxylation is 1. The van der Waals surface area contributed by atoms with Gasteiger partial charge in [0.05, 0.1) is 4.92 Å². The van der Waals surface area contributed by atoms with Crippen molar-refractivity contribution < 1.29 is 4.92 Å². The zero-order valence-electron chi connectivity index (χ0n) is 11.0. The predicted molar refractivity (Wildman–Crippen MR) is 72.0 cm³/mol. The summed E-state index contributed by atoms with van der Waals surface area (Å²) < 4.78 is 0. The maximum atomic E-state index is 11.0. The summed E-state index contributed by atoms with van der Waals surface area (Å²) in [5.41, 5.74) is 1.69. The van der Waals surface area contributed by atoms with Gasteiger partial charge in [-0.3, -0.25) is 10.1 Å². The Hall–Kier alpha value is -1.62. The average Bonchev–Trinajstić information content (AvgIpc) is 2.60. The van der Waals surface area contributed by atoms with E-state index in [0.29, 0.717) is 11.7 Å². The van der Waals surface area contributed by atoms with Gasteiger partial charge in [0.15, 0.2) is 0 Å². The third-order valence-electron chi connectivity index (χ3n) is 3.60. The quantitative estimate of drug-likeness (QED) is 0.660. The predicted octanol–water partition coefficient (Wildman–Crippen LogP) is 2.41. The number of hydrogen-bond acceptors (Lipinski definition) is 4. The molecule has 1 heterocycles. The van der Waals surface area contributed by atoms with Gasteiger partial charge in [0.2, 0.25) is 0 Å². The molecule has 0 spiro atoms. The minimum Gasteiger partial charge on any atom is -0.375 e. The smallest absolute Gasteiger partial charge is 0.292 e. The molecule has 0 bridgehead atoms. The van der Waals surface area contributed by atoms with Crippen LogP contribution in [0, 0.1) is 17.0 Å². The first-order chi connectivity index (χ1) is 8.47. The normalized spacial score (nSPS) is 24.2. The fourth-order valence-corrected chi connectivity index (χ4v) is 2.43. The minimum atomic E-state index is -0.322. The molecule has 1 aliphatic rings. The molecule has 1 N–H and O–H groups in total. The van der Waals surface area contributed by atoms with Crippen LogP contribution >= 0.6 is 0 Å². The van der Waals surface area contributed by atoms with E-state index in [9.17, 15) is 10.1 Å². The van der Waals surface area contributed by atoms with Crippen LogP contribution in [0.15, 0.2) is 18.2 Å². The number of rotatable bonds is 3. The summed E-state index contributed by atoms with van der Waals surface area (Å²) in [5.74, 6) is 0. The highest BCUT2D eigenvalue weighted by Gasteiger charge is 2.27.